The van der Waals surface area contributed by atoms with Crippen LogP contribution in [0, 0.1) is 5.92 Å². The van der Waals surface area contributed by atoms with Crippen molar-refractivity contribution in [1.82, 2.24) is 14.9 Å². The average molecular weight is 269 g/mol. The Bertz CT molecular complexity index is 460. The second kappa shape index (κ2) is 5.43. The Hall–Kier alpha value is -1.50. The number of rotatable bonds is 4. The van der Waals surface area contributed by atoms with Crippen molar-refractivity contribution >= 4 is 23.4 Å². The molecule has 0 saturated heterocycles. The third-order valence-electron chi connectivity index (χ3n) is 3.21. The average Bonchev–Trinajstić information content (AvgIpc) is 2.96. The molecule has 18 heavy (non-hydrogen) atoms. The molecule has 1 aromatic heterocycles. The lowest BCUT2D eigenvalue weighted by molar-refractivity contribution is -0.141. The topological polar surface area (TPSA) is 92.2 Å². The summed E-state index contributed by atoms with van der Waals surface area (Å²) in [6, 6.07) is -0.0505. The minimum atomic E-state index is -0.777. The molecule has 0 spiro atoms. The number of hydrogen-bond donors (Lipinski definition) is 2. The van der Waals surface area contributed by atoms with Crippen molar-refractivity contribution in [2.75, 3.05) is 0 Å². The van der Waals surface area contributed by atoms with Gasteiger partial charge in [-0.25, -0.2) is 0 Å². The monoisotopic (exact) mass is 269 g/mol. The fraction of sp³-hybridized carbons (Fsp3) is 0.636. The summed E-state index contributed by atoms with van der Waals surface area (Å²) in [6.45, 7) is 1.92. The molecule has 2 rings (SSSR count). The van der Waals surface area contributed by atoms with Crippen LogP contribution < -0.4 is 5.32 Å². The van der Waals surface area contributed by atoms with Gasteiger partial charge in [-0.1, -0.05) is 11.4 Å². The lowest BCUT2D eigenvalue weighted by atomic mass is 10.1. The van der Waals surface area contributed by atoms with E-state index in [2.05, 4.69) is 14.9 Å². The Morgan fingerprint density at radius 2 is 2.28 bits per heavy atom. The predicted molar refractivity (Wildman–Crippen MR) is 65.5 cm³/mol. The molecule has 1 aliphatic rings. The highest BCUT2D eigenvalue weighted by molar-refractivity contribution is 7.08. The molecule has 0 aliphatic heterocycles. The molecule has 0 unspecified atom stereocenters. The minimum Gasteiger partial charge on any atom is -0.481 e. The number of aromatic nitrogens is 2. The van der Waals surface area contributed by atoms with Crippen LogP contribution in [-0.2, 0) is 11.2 Å². The summed E-state index contributed by atoms with van der Waals surface area (Å²) in [4.78, 5) is 23.4. The number of aryl methyl sites for hydroxylation is 1. The number of nitrogens with one attached hydrogen (secondary N) is 1. The van der Waals surface area contributed by atoms with Gasteiger partial charge in [0.1, 0.15) is 4.88 Å². The molecule has 98 valence electrons. The normalized spacial score (nSPS) is 22.9. The third-order valence-corrected chi connectivity index (χ3v) is 3.98. The van der Waals surface area contributed by atoms with Gasteiger partial charge in [0.15, 0.2) is 0 Å². The van der Waals surface area contributed by atoms with E-state index in [1.54, 1.807) is 0 Å². The summed E-state index contributed by atoms with van der Waals surface area (Å²) in [7, 11) is 0. The summed E-state index contributed by atoms with van der Waals surface area (Å²) in [5.41, 5.74) is 0.699. The first-order valence-corrected chi connectivity index (χ1v) is 6.74. The highest BCUT2D eigenvalue weighted by Crippen LogP contribution is 2.26. The van der Waals surface area contributed by atoms with E-state index in [1.165, 1.54) is 0 Å². The number of nitrogens with zero attached hydrogens (tertiary/aromatic N) is 2. The number of carboxylic acids is 1. The van der Waals surface area contributed by atoms with Gasteiger partial charge in [0.2, 0.25) is 0 Å². The van der Waals surface area contributed by atoms with Crippen LogP contribution in [0.1, 0.15) is 41.6 Å². The number of carbonyl (C=O) groups excluding carboxylic acids is 1. The van der Waals surface area contributed by atoms with Gasteiger partial charge in [-0.15, -0.1) is 5.10 Å². The summed E-state index contributed by atoms with van der Waals surface area (Å²) in [6.07, 6.45) is 2.52. The zero-order chi connectivity index (χ0) is 13.1. The highest BCUT2D eigenvalue weighted by Gasteiger charge is 2.31. The van der Waals surface area contributed by atoms with Crippen LogP contribution in [0.15, 0.2) is 0 Å². The van der Waals surface area contributed by atoms with Crippen molar-refractivity contribution in [3.8, 4) is 0 Å². The summed E-state index contributed by atoms with van der Waals surface area (Å²) in [5, 5.41) is 15.7. The Balaban J connectivity index is 1.95. The second-order valence-electron chi connectivity index (χ2n) is 4.42. The van der Waals surface area contributed by atoms with Crippen LogP contribution in [0.4, 0.5) is 0 Å². The van der Waals surface area contributed by atoms with Gasteiger partial charge in [0.05, 0.1) is 11.6 Å². The van der Waals surface area contributed by atoms with E-state index in [4.69, 9.17) is 5.11 Å². The van der Waals surface area contributed by atoms with Crippen LogP contribution in [-0.4, -0.2) is 32.6 Å². The zero-order valence-corrected chi connectivity index (χ0v) is 10.9. The van der Waals surface area contributed by atoms with Crippen molar-refractivity contribution in [2.24, 2.45) is 5.92 Å². The van der Waals surface area contributed by atoms with Crippen molar-refractivity contribution < 1.29 is 14.7 Å². The number of carboxylic acid groups (broad SMARTS) is 1. The van der Waals surface area contributed by atoms with Gasteiger partial charge in [0, 0.05) is 6.04 Å². The zero-order valence-electron chi connectivity index (χ0n) is 10.0. The Morgan fingerprint density at radius 3 is 2.89 bits per heavy atom. The van der Waals surface area contributed by atoms with Crippen LogP contribution in [0.5, 0.6) is 0 Å². The molecule has 2 N–H and O–H groups in total. The second-order valence-corrected chi connectivity index (χ2v) is 5.18. The quantitative estimate of drug-likeness (QED) is 0.853. The standard InChI is InChI=1S/C11H15N3O3S/c1-2-8-9(18-14-13-8)10(15)12-7-4-3-6(5-7)11(16)17/h6-7H,2-5H2,1H3,(H,12,15)(H,16,17)/t6-,7+/m1/s1. The Morgan fingerprint density at radius 1 is 1.50 bits per heavy atom. The van der Waals surface area contributed by atoms with E-state index in [-0.39, 0.29) is 17.9 Å². The van der Waals surface area contributed by atoms with Gasteiger partial charge >= 0.3 is 5.97 Å². The van der Waals surface area contributed by atoms with E-state index in [9.17, 15) is 9.59 Å². The summed E-state index contributed by atoms with van der Waals surface area (Å²) < 4.78 is 3.77. The lowest BCUT2D eigenvalue weighted by Crippen LogP contribution is -2.33. The number of aliphatic carboxylic acids is 1. The van der Waals surface area contributed by atoms with E-state index in [1.807, 2.05) is 6.92 Å². The maximum Gasteiger partial charge on any atom is 0.306 e. The van der Waals surface area contributed by atoms with Gasteiger partial charge < -0.3 is 10.4 Å². The van der Waals surface area contributed by atoms with E-state index in [0.29, 0.717) is 29.8 Å². The van der Waals surface area contributed by atoms with Crippen LogP contribution in [0.25, 0.3) is 0 Å². The highest BCUT2D eigenvalue weighted by atomic mass is 32.1. The minimum absolute atomic E-state index is 0.0505. The Kier molecular flexibility index (Phi) is 3.90. The smallest absolute Gasteiger partial charge is 0.306 e. The SMILES string of the molecule is CCc1nnsc1C(=O)N[C@H]1CC[C@@H](C(=O)O)C1. The lowest BCUT2D eigenvalue weighted by Gasteiger charge is -2.11. The van der Waals surface area contributed by atoms with E-state index >= 15 is 0 Å². The molecule has 2 atom stereocenters. The van der Waals surface area contributed by atoms with Crippen LogP contribution in [0.3, 0.4) is 0 Å². The van der Waals surface area contributed by atoms with Gasteiger partial charge in [-0.05, 0) is 37.2 Å². The fourth-order valence-corrected chi connectivity index (χ4v) is 2.85. The first-order chi connectivity index (χ1) is 8.61. The molecule has 1 aliphatic carbocycles. The van der Waals surface area contributed by atoms with E-state index < -0.39 is 5.97 Å². The van der Waals surface area contributed by atoms with Gasteiger partial charge in [-0.2, -0.15) is 0 Å². The fourth-order valence-electron chi connectivity index (χ4n) is 2.20. The molecule has 0 aromatic carbocycles. The van der Waals surface area contributed by atoms with Crippen molar-refractivity contribution in [3.05, 3.63) is 10.6 Å². The molecule has 1 aromatic rings. The molecule has 1 heterocycles. The van der Waals surface area contributed by atoms with Gasteiger partial charge in [0.25, 0.3) is 5.91 Å². The first kappa shape index (κ1) is 12.9. The van der Waals surface area contributed by atoms with Gasteiger partial charge in [-0.3, -0.25) is 9.59 Å². The molecule has 1 saturated carbocycles. The molecule has 7 heteroatoms. The van der Waals surface area contributed by atoms with Crippen molar-refractivity contribution in [1.29, 1.82) is 0 Å². The summed E-state index contributed by atoms with van der Waals surface area (Å²) >= 11 is 1.08. The number of hydrogen-bond acceptors (Lipinski definition) is 5. The predicted octanol–water partition coefficient (Wildman–Crippen LogP) is 1.08. The molecule has 0 radical (unpaired) electrons. The third kappa shape index (κ3) is 2.66. The van der Waals surface area contributed by atoms with Crippen LogP contribution >= 0.6 is 11.5 Å². The molecule has 0 bridgehead atoms. The molecule has 1 fully saturated rings. The maximum absolute atomic E-state index is 12.0. The maximum atomic E-state index is 12.0. The Labute approximate surface area is 109 Å². The molecular weight excluding hydrogens is 254 g/mol. The number of amides is 1. The van der Waals surface area contributed by atoms with E-state index in [0.717, 1.165) is 18.0 Å². The number of carbonyl (C=O) groups is 2. The van der Waals surface area contributed by atoms with Crippen molar-refractivity contribution in [2.45, 2.75) is 38.6 Å². The molecule has 6 nitrogen and oxygen atoms in total. The largest absolute Gasteiger partial charge is 0.481 e. The van der Waals surface area contributed by atoms with Crippen molar-refractivity contribution in [3.63, 3.8) is 0 Å². The molecule has 1 amide bonds. The molecular formula is C11H15N3O3S. The van der Waals surface area contributed by atoms with Crippen LogP contribution in [0.2, 0.25) is 0 Å². The summed E-state index contributed by atoms with van der Waals surface area (Å²) in [5.74, 6) is -1.29. The first-order valence-electron chi connectivity index (χ1n) is 5.96.